The van der Waals surface area contributed by atoms with Gasteiger partial charge in [-0.15, -0.1) is 5.10 Å². The molecular formula is C16H17BN6S2. The number of nitrogens with zero attached hydrogens (tertiary/aromatic N) is 5. The Hall–Kier alpha value is -2.00. The topological polar surface area (TPSA) is 80.9 Å². The van der Waals surface area contributed by atoms with Gasteiger partial charge in [-0.25, -0.2) is 9.50 Å². The van der Waals surface area contributed by atoms with E-state index in [9.17, 15) is 0 Å². The standard InChI is InChI=1S/C16H17BN6S2/c1-9-7-10(3-4-12(9)21-19-2)11-5-6-23-14(11)13(8-16(17,24)25)20-15(18)22-23/h3-7,24-25H,8H2,1-2H3,(H2,18,22). The molecular weight excluding hydrogens is 351 g/mol. The fraction of sp³-hybridized carbons (Fsp3) is 0.250. The maximum absolute atomic E-state index is 5.94. The van der Waals surface area contributed by atoms with Crippen LogP contribution in [-0.4, -0.2) is 33.5 Å². The summed E-state index contributed by atoms with van der Waals surface area (Å²) < 4.78 is 0.694. The molecule has 0 aliphatic carbocycles. The molecule has 0 amide bonds. The van der Waals surface area contributed by atoms with Crippen molar-refractivity contribution in [3.05, 3.63) is 41.7 Å². The number of hydrogen-bond acceptors (Lipinski definition) is 7. The zero-order valence-corrected chi connectivity index (χ0v) is 15.7. The zero-order chi connectivity index (χ0) is 18.2. The number of nitrogen functional groups attached to an aromatic ring is 1. The lowest BCUT2D eigenvalue weighted by atomic mass is 9.96. The maximum Gasteiger partial charge on any atom is 0.238 e. The number of hydrogen-bond donors (Lipinski definition) is 3. The monoisotopic (exact) mass is 368 g/mol. The van der Waals surface area contributed by atoms with E-state index >= 15 is 0 Å². The number of thiol groups is 2. The fourth-order valence-corrected chi connectivity index (χ4v) is 3.06. The largest absolute Gasteiger partial charge is 0.367 e. The van der Waals surface area contributed by atoms with Crippen molar-refractivity contribution in [2.45, 2.75) is 17.3 Å². The molecule has 126 valence electrons. The first-order valence-electron chi connectivity index (χ1n) is 7.57. The average Bonchev–Trinajstić information content (AvgIpc) is 2.91. The highest BCUT2D eigenvalue weighted by atomic mass is 32.2. The van der Waals surface area contributed by atoms with Crippen molar-refractivity contribution in [1.82, 2.24) is 14.6 Å². The molecule has 6 nitrogen and oxygen atoms in total. The van der Waals surface area contributed by atoms with Crippen LogP contribution in [-0.2, 0) is 6.42 Å². The number of fused-ring (bicyclic) bond motifs is 1. The summed E-state index contributed by atoms with van der Waals surface area (Å²) in [7, 11) is 7.59. The minimum Gasteiger partial charge on any atom is -0.367 e. The molecule has 2 N–H and O–H groups in total. The van der Waals surface area contributed by atoms with E-state index in [0.29, 0.717) is 12.1 Å². The minimum absolute atomic E-state index is 0.172. The Morgan fingerprint density at radius 1 is 1.32 bits per heavy atom. The molecule has 2 heterocycles. The number of benzene rings is 1. The van der Waals surface area contributed by atoms with Crippen LogP contribution in [0.3, 0.4) is 0 Å². The van der Waals surface area contributed by atoms with Crippen LogP contribution >= 0.6 is 25.3 Å². The Labute approximate surface area is 158 Å². The third kappa shape index (κ3) is 3.82. The smallest absolute Gasteiger partial charge is 0.238 e. The van der Waals surface area contributed by atoms with Crippen molar-refractivity contribution in [3.8, 4) is 11.1 Å². The lowest BCUT2D eigenvalue weighted by Gasteiger charge is -2.17. The molecule has 2 radical (unpaired) electrons. The quantitative estimate of drug-likeness (QED) is 0.286. The molecule has 0 aliphatic rings. The van der Waals surface area contributed by atoms with Gasteiger partial charge in [-0.2, -0.15) is 35.5 Å². The van der Waals surface area contributed by atoms with E-state index in [0.717, 1.165) is 27.9 Å². The van der Waals surface area contributed by atoms with Crippen molar-refractivity contribution in [2.24, 2.45) is 10.2 Å². The third-order valence-corrected chi connectivity index (χ3v) is 4.06. The lowest BCUT2D eigenvalue weighted by molar-refractivity contribution is 0.870. The van der Waals surface area contributed by atoms with E-state index in [1.807, 2.05) is 31.3 Å². The average molecular weight is 368 g/mol. The number of nitrogens with two attached hydrogens (primary N) is 1. The van der Waals surface area contributed by atoms with Gasteiger partial charge < -0.3 is 5.73 Å². The van der Waals surface area contributed by atoms with Crippen molar-refractivity contribution < 1.29 is 0 Å². The van der Waals surface area contributed by atoms with Crippen LogP contribution in [0.15, 0.2) is 40.7 Å². The van der Waals surface area contributed by atoms with E-state index in [1.165, 1.54) is 0 Å². The molecule has 3 aromatic rings. The van der Waals surface area contributed by atoms with E-state index in [4.69, 9.17) is 13.6 Å². The van der Waals surface area contributed by atoms with Gasteiger partial charge in [0.15, 0.2) is 0 Å². The Kier molecular flexibility index (Phi) is 4.79. The zero-order valence-electron chi connectivity index (χ0n) is 13.9. The van der Waals surface area contributed by atoms with E-state index in [1.54, 1.807) is 11.6 Å². The second-order valence-electron chi connectivity index (χ2n) is 5.80. The van der Waals surface area contributed by atoms with E-state index in [-0.39, 0.29) is 5.95 Å². The number of azo groups is 1. The van der Waals surface area contributed by atoms with Gasteiger partial charge in [-0.1, -0.05) is 6.07 Å². The summed E-state index contributed by atoms with van der Waals surface area (Å²) in [6.07, 6.45) is 2.17. The van der Waals surface area contributed by atoms with Gasteiger partial charge >= 0.3 is 0 Å². The summed E-state index contributed by atoms with van der Waals surface area (Å²) in [4.78, 5) is 4.35. The van der Waals surface area contributed by atoms with Crippen LogP contribution in [0.5, 0.6) is 0 Å². The molecule has 2 aromatic heterocycles. The maximum atomic E-state index is 5.94. The molecule has 0 bridgehead atoms. The first-order valence-corrected chi connectivity index (χ1v) is 8.46. The van der Waals surface area contributed by atoms with Crippen LogP contribution in [0, 0.1) is 6.92 Å². The molecule has 1 aromatic carbocycles. The summed E-state index contributed by atoms with van der Waals surface area (Å²) in [5, 5.41) is 12.2. The molecule has 0 saturated heterocycles. The van der Waals surface area contributed by atoms with Crippen LogP contribution in [0.4, 0.5) is 11.6 Å². The third-order valence-electron chi connectivity index (χ3n) is 3.74. The Morgan fingerprint density at radius 2 is 2.08 bits per heavy atom. The molecule has 9 heteroatoms. The van der Waals surface area contributed by atoms with Crippen LogP contribution in [0.1, 0.15) is 11.3 Å². The molecule has 0 spiro atoms. The highest BCUT2D eigenvalue weighted by Gasteiger charge is 2.20. The SMILES string of the molecule is [B]C(S)(S)Cc1nc(N)nn2ccc(-c3ccc(N=NC)c(C)c3)c12. The second kappa shape index (κ2) is 6.72. The molecule has 0 unspecified atom stereocenters. The second-order valence-corrected chi connectivity index (χ2v) is 7.74. The van der Waals surface area contributed by atoms with Gasteiger partial charge in [0, 0.05) is 29.2 Å². The Morgan fingerprint density at radius 3 is 2.72 bits per heavy atom. The van der Waals surface area contributed by atoms with Gasteiger partial charge in [0.2, 0.25) is 5.95 Å². The van der Waals surface area contributed by atoms with Crippen molar-refractivity contribution >= 4 is 50.3 Å². The number of aryl methyl sites for hydroxylation is 1. The highest BCUT2D eigenvalue weighted by molar-refractivity contribution is 8.02. The summed E-state index contributed by atoms with van der Waals surface area (Å²) in [6, 6.07) is 7.95. The molecule has 0 fully saturated rings. The molecule has 0 atom stereocenters. The summed E-state index contributed by atoms with van der Waals surface area (Å²) in [6.45, 7) is 1.99. The molecule has 0 aliphatic heterocycles. The number of rotatable bonds is 4. The molecule has 0 saturated carbocycles. The van der Waals surface area contributed by atoms with Crippen molar-refractivity contribution in [3.63, 3.8) is 0 Å². The highest BCUT2D eigenvalue weighted by Crippen LogP contribution is 2.33. The predicted octanol–water partition coefficient (Wildman–Crippen LogP) is 3.22. The Bertz CT molecular complexity index is 961. The van der Waals surface area contributed by atoms with Crippen LogP contribution < -0.4 is 5.73 Å². The van der Waals surface area contributed by atoms with Gasteiger partial charge in [-0.05, 0) is 36.2 Å². The lowest BCUT2D eigenvalue weighted by Crippen LogP contribution is -2.19. The van der Waals surface area contributed by atoms with Gasteiger partial charge in [0.25, 0.3) is 0 Å². The predicted molar refractivity (Wildman–Crippen MR) is 108 cm³/mol. The summed E-state index contributed by atoms with van der Waals surface area (Å²) in [5.41, 5.74) is 11.2. The first-order chi connectivity index (χ1) is 11.8. The fourth-order valence-electron chi connectivity index (χ4n) is 2.76. The van der Waals surface area contributed by atoms with E-state index < -0.39 is 3.98 Å². The van der Waals surface area contributed by atoms with Gasteiger partial charge in [0.05, 0.1) is 16.9 Å². The molecule has 25 heavy (non-hydrogen) atoms. The number of anilines is 1. The van der Waals surface area contributed by atoms with Crippen molar-refractivity contribution in [2.75, 3.05) is 12.8 Å². The van der Waals surface area contributed by atoms with Gasteiger partial charge in [0.1, 0.15) is 7.85 Å². The van der Waals surface area contributed by atoms with Crippen LogP contribution in [0.2, 0.25) is 0 Å². The van der Waals surface area contributed by atoms with E-state index in [2.05, 4.69) is 51.6 Å². The van der Waals surface area contributed by atoms with Crippen molar-refractivity contribution in [1.29, 1.82) is 0 Å². The summed E-state index contributed by atoms with van der Waals surface area (Å²) in [5.74, 6) is 0.172. The van der Waals surface area contributed by atoms with Gasteiger partial charge in [-0.3, -0.25) is 0 Å². The Balaban J connectivity index is 2.19. The first kappa shape index (κ1) is 17.8. The van der Waals surface area contributed by atoms with Crippen LogP contribution in [0.25, 0.3) is 16.6 Å². The minimum atomic E-state index is -1.01. The normalized spacial score (nSPS) is 12.3. The number of aromatic nitrogens is 3. The molecule has 3 rings (SSSR count). The summed E-state index contributed by atoms with van der Waals surface area (Å²) >= 11 is 8.58.